The molecule has 1 aliphatic rings. The lowest BCUT2D eigenvalue weighted by atomic mass is 9.98. The summed E-state index contributed by atoms with van der Waals surface area (Å²) in [4.78, 5) is 27.5. The van der Waals surface area contributed by atoms with Gasteiger partial charge in [-0.1, -0.05) is 19.0 Å². The summed E-state index contributed by atoms with van der Waals surface area (Å²) in [6.45, 7) is 9.54. The number of hydrogen-bond acceptors (Lipinski definition) is 8. The molecule has 2 aromatic rings. The molecule has 2 aromatic heterocycles. The molecular weight excluding hydrogens is 334 g/mol. The Morgan fingerprint density at radius 2 is 2.19 bits per heavy atom. The minimum atomic E-state index is -0.425. The fraction of sp³-hybridized carbons (Fsp3) is 0.611. The second kappa shape index (κ2) is 7.80. The molecule has 0 amide bonds. The molecule has 8 heteroatoms. The van der Waals surface area contributed by atoms with Gasteiger partial charge in [0.05, 0.1) is 12.5 Å². The van der Waals surface area contributed by atoms with E-state index in [1.807, 2.05) is 20.8 Å². The van der Waals surface area contributed by atoms with Gasteiger partial charge >= 0.3 is 5.97 Å². The third-order valence-corrected chi connectivity index (χ3v) is 4.35. The van der Waals surface area contributed by atoms with Gasteiger partial charge in [-0.2, -0.15) is 4.98 Å². The lowest BCUT2D eigenvalue weighted by Crippen LogP contribution is -2.36. The van der Waals surface area contributed by atoms with Crippen LogP contribution in [0, 0.1) is 6.92 Å². The molecular formula is C18H25N5O3. The number of aromatic nitrogens is 4. The highest BCUT2D eigenvalue weighted by Crippen LogP contribution is 2.28. The Labute approximate surface area is 153 Å². The van der Waals surface area contributed by atoms with Crippen LogP contribution in [0.4, 0.5) is 5.95 Å². The van der Waals surface area contributed by atoms with Crippen molar-refractivity contribution in [2.45, 2.75) is 52.4 Å². The molecule has 26 heavy (non-hydrogen) atoms. The van der Waals surface area contributed by atoms with Crippen molar-refractivity contribution in [3.05, 3.63) is 29.2 Å². The SMILES string of the molecule is CCOC(=O)c1cc(C)nc(N2CCCC(c3nc(C(C)C)no3)C2)n1. The number of hydrogen-bond donors (Lipinski definition) is 0. The molecule has 0 radical (unpaired) electrons. The van der Waals surface area contributed by atoms with E-state index >= 15 is 0 Å². The second-order valence-corrected chi connectivity index (χ2v) is 6.85. The fourth-order valence-corrected chi connectivity index (χ4v) is 3.01. The summed E-state index contributed by atoms with van der Waals surface area (Å²) in [5.74, 6) is 1.89. The van der Waals surface area contributed by atoms with Gasteiger partial charge < -0.3 is 14.2 Å². The van der Waals surface area contributed by atoms with Crippen LogP contribution in [-0.4, -0.2) is 45.8 Å². The van der Waals surface area contributed by atoms with Gasteiger partial charge in [-0.05, 0) is 32.8 Å². The van der Waals surface area contributed by atoms with Crippen LogP contribution in [0.15, 0.2) is 10.6 Å². The highest BCUT2D eigenvalue weighted by molar-refractivity contribution is 5.87. The first-order valence-electron chi connectivity index (χ1n) is 9.09. The lowest BCUT2D eigenvalue weighted by Gasteiger charge is -2.31. The molecule has 3 rings (SSSR count). The molecule has 0 aliphatic carbocycles. The Balaban J connectivity index is 1.79. The summed E-state index contributed by atoms with van der Waals surface area (Å²) in [7, 11) is 0. The molecule has 0 aromatic carbocycles. The molecule has 0 spiro atoms. The minimum Gasteiger partial charge on any atom is -0.461 e. The number of anilines is 1. The van der Waals surface area contributed by atoms with Crippen molar-refractivity contribution in [2.75, 3.05) is 24.6 Å². The largest absolute Gasteiger partial charge is 0.461 e. The van der Waals surface area contributed by atoms with E-state index in [4.69, 9.17) is 9.26 Å². The average Bonchev–Trinajstić information content (AvgIpc) is 3.12. The maximum atomic E-state index is 12.0. The molecule has 1 aliphatic heterocycles. The number of nitrogens with zero attached hydrogens (tertiary/aromatic N) is 5. The highest BCUT2D eigenvalue weighted by atomic mass is 16.5. The maximum Gasteiger partial charge on any atom is 0.357 e. The topological polar surface area (TPSA) is 94.2 Å². The fourth-order valence-electron chi connectivity index (χ4n) is 3.01. The summed E-state index contributed by atoms with van der Waals surface area (Å²) >= 11 is 0. The number of carbonyl (C=O) groups is 1. The van der Waals surface area contributed by atoms with Crippen LogP contribution in [0.2, 0.25) is 0 Å². The summed E-state index contributed by atoms with van der Waals surface area (Å²) < 4.78 is 10.5. The first kappa shape index (κ1) is 18.3. The molecule has 1 atom stereocenters. The van der Waals surface area contributed by atoms with Crippen molar-refractivity contribution in [1.29, 1.82) is 0 Å². The van der Waals surface area contributed by atoms with Gasteiger partial charge in [0.2, 0.25) is 11.8 Å². The average molecular weight is 359 g/mol. The van der Waals surface area contributed by atoms with Gasteiger partial charge in [0, 0.05) is 24.7 Å². The van der Waals surface area contributed by atoms with Crippen molar-refractivity contribution >= 4 is 11.9 Å². The molecule has 1 fully saturated rings. The van der Waals surface area contributed by atoms with Crippen molar-refractivity contribution < 1.29 is 14.1 Å². The number of rotatable bonds is 5. The molecule has 0 N–H and O–H groups in total. The van der Waals surface area contributed by atoms with Gasteiger partial charge in [0.25, 0.3) is 0 Å². The summed E-state index contributed by atoms with van der Waals surface area (Å²) in [6, 6.07) is 1.65. The Bertz CT molecular complexity index is 774. The van der Waals surface area contributed by atoms with E-state index in [1.165, 1.54) is 0 Å². The van der Waals surface area contributed by atoms with Gasteiger partial charge in [0.15, 0.2) is 11.5 Å². The third-order valence-electron chi connectivity index (χ3n) is 4.35. The standard InChI is InChI=1S/C18H25N5O3/c1-5-25-17(24)14-9-12(4)19-18(20-14)23-8-6-7-13(10-23)16-21-15(11(2)3)22-26-16/h9,11,13H,5-8,10H2,1-4H3. The zero-order chi connectivity index (χ0) is 18.7. The van der Waals surface area contributed by atoms with Crippen LogP contribution >= 0.6 is 0 Å². The second-order valence-electron chi connectivity index (χ2n) is 6.85. The van der Waals surface area contributed by atoms with Crippen LogP contribution in [0.1, 0.15) is 73.3 Å². The van der Waals surface area contributed by atoms with Crippen molar-refractivity contribution in [3.8, 4) is 0 Å². The van der Waals surface area contributed by atoms with Gasteiger partial charge in [-0.25, -0.2) is 14.8 Å². The van der Waals surface area contributed by atoms with E-state index in [2.05, 4.69) is 25.0 Å². The molecule has 1 saturated heterocycles. The van der Waals surface area contributed by atoms with Gasteiger partial charge in [0.1, 0.15) is 0 Å². The Morgan fingerprint density at radius 3 is 2.88 bits per heavy atom. The van der Waals surface area contributed by atoms with Crippen LogP contribution in [0.3, 0.4) is 0 Å². The zero-order valence-corrected chi connectivity index (χ0v) is 15.7. The first-order chi connectivity index (χ1) is 12.5. The van der Waals surface area contributed by atoms with Crippen molar-refractivity contribution in [3.63, 3.8) is 0 Å². The van der Waals surface area contributed by atoms with E-state index in [-0.39, 0.29) is 17.5 Å². The Morgan fingerprint density at radius 1 is 1.38 bits per heavy atom. The number of aryl methyl sites for hydroxylation is 1. The predicted octanol–water partition coefficient (Wildman–Crippen LogP) is 2.85. The van der Waals surface area contributed by atoms with Gasteiger partial charge in [-0.15, -0.1) is 0 Å². The van der Waals surface area contributed by atoms with Crippen LogP contribution in [-0.2, 0) is 4.74 Å². The number of ether oxygens (including phenoxy) is 1. The normalized spacial score (nSPS) is 17.6. The van der Waals surface area contributed by atoms with Crippen molar-refractivity contribution in [2.24, 2.45) is 0 Å². The van der Waals surface area contributed by atoms with E-state index in [9.17, 15) is 4.79 Å². The molecule has 0 bridgehead atoms. The molecule has 3 heterocycles. The monoisotopic (exact) mass is 359 g/mol. The zero-order valence-electron chi connectivity index (χ0n) is 15.7. The molecule has 0 saturated carbocycles. The summed E-state index contributed by atoms with van der Waals surface area (Å²) in [6.07, 6.45) is 1.95. The van der Waals surface area contributed by atoms with E-state index in [0.29, 0.717) is 25.0 Å². The summed E-state index contributed by atoms with van der Waals surface area (Å²) in [5.41, 5.74) is 1.02. The number of esters is 1. The van der Waals surface area contributed by atoms with E-state index in [0.717, 1.165) is 30.9 Å². The van der Waals surface area contributed by atoms with Crippen LogP contribution < -0.4 is 4.90 Å². The Hall–Kier alpha value is -2.51. The maximum absolute atomic E-state index is 12.0. The highest BCUT2D eigenvalue weighted by Gasteiger charge is 2.28. The lowest BCUT2D eigenvalue weighted by molar-refractivity contribution is 0.0519. The van der Waals surface area contributed by atoms with Crippen molar-refractivity contribution in [1.82, 2.24) is 20.1 Å². The van der Waals surface area contributed by atoms with Crippen LogP contribution in [0.5, 0.6) is 0 Å². The Kier molecular flexibility index (Phi) is 5.49. The first-order valence-corrected chi connectivity index (χ1v) is 9.09. The summed E-state index contributed by atoms with van der Waals surface area (Å²) in [5, 5.41) is 4.06. The number of piperidine rings is 1. The van der Waals surface area contributed by atoms with Crippen LogP contribution in [0.25, 0.3) is 0 Å². The molecule has 8 nitrogen and oxygen atoms in total. The molecule has 1 unspecified atom stereocenters. The number of carbonyl (C=O) groups excluding carboxylic acids is 1. The van der Waals surface area contributed by atoms with E-state index in [1.54, 1.807) is 13.0 Å². The van der Waals surface area contributed by atoms with Gasteiger partial charge in [-0.3, -0.25) is 0 Å². The van der Waals surface area contributed by atoms with E-state index < -0.39 is 5.97 Å². The molecule has 140 valence electrons. The quantitative estimate of drug-likeness (QED) is 0.752. The third kappa shape index (κ3) is 4.00. The smallest absolute Gasteiger partial charge is 0.357 e. The minimum absolute atomic E-state index is 0.138. The predicted molar refractivity (Wildman–Crippen MR) is 95.3 cm³/mol.